The van der Waals surface area contributed by atoms with Gasteiger partial charge >= 0.3 is 0 Å². The van der Waals surface area contributed by atoms with Gasteiger partial charge in [-0.2, -0.15) is 0 Å². The van der Waals surface area contributed by atoms with Crippen LogP contribution >= 0.6 is 0 Å². The van der Waals surface area contributed by atoms with Crippen LogP contribution in [0.1, 0.15) is 40.9 Å². The van der Waals surface area contributed by atoms with E-state index in [9.17, 15) is 4.79 Å². The third kappa shape index (κ3) is 3.81. The van der Waals surface area contributed by atoms with Gasteiger partial charge in [-0.3, -0.25) is 14.6 Å². The Hall–Kier alpha value is -2.45. The second kappa shape index (κ2) is 8.34. The van der Waals surface area contributed by atoms with Crippen molar-refractivity contribution in [1.29, 1.82) is 0 Å². The number of morpholine rings is 2. The van der Waals surface area contributed by atoms with Gasteiger partial charge in [-0.25, -0.2) is 0 Å². The lowest BCUT2D eigenvalue weighted by Gasteiger charge is -2.39. The SMILES string of the molecule is CC1(N2CCOCC2)Cc2cc(C(=O)c3ccc4c(c3)CC(C)(N3CCOCC3)O4)ccc2O1. The molecule has 0 aliphatic carbocycles. The second-order valence-electron chi connectivity index (χ2n) is 10.1. The highest BCUT2D eigenvalue weighted by Gasteiger charge is 2.42. The van der Waals surface area contributed by atoms with E-state index in [1.807, 2.05) is 36.4 Å². The van der Waals surface area contributed by atoms with Crippen LogP contribution in [-0.2, 0) is 22.3 Å². The van der Waals surface area contributed by atoms with E-state index in [2.05, 4.69) is 23.6 Å². The van der Waals surface area contributed by atoms with E-state index in [1.54, 1.807) is 0 Å². The average molecular weight is 465 g/mol. The highest BCUT2D eigenvalue weighted by molar-refractivity contribution is 6.09. The molecule has 2 aromatic rings. The Morgan fingerprint density at radius 2 is 1.12 bits per heavy atom. The summed E-state index contributed by atoms with van der Waals surface area (Å²) in [6, 6.07) is 11.7. The Balaban J connectivity index is 1.20. The summed E-state index contributed by atoms with van der Waals surface area (Å²) in [5.74, 6) is 1.77. The summed E-state index contributed by atoms with van der Waals surface area (Å²) in [7, 11) is 0. The maximum atomic E-state index is 13.4. The van der Waals surface area contributed by atoms with Gasteiger partial charge in [0.05, 0.1) is 26.4 Å². The van der Waals surface area contributed by atoms with Crippen molar-refractivity contribution in [2.24, 2.45) is 0 Å². The van der Waals surface area contributed by atoms with Gasteiger partial charge in [0.25, 0.3) is 0 Å². The van der Waals surface area contributed by atoms with E-state index in [-0.39, 0.29) is 17.2 Å². The summed E-state index contributed by atoms with van der Waals surface area (Å²) < 4.78 is 23.7. The van der Waals surface area contributed by atoms with Gasteiger partial charge in [0.1, 0.15) is 11.5 Å². The molecule has 0 spiro atoms. The number of hydrogen-bond acceptors (Lipinski definition) is 7. The number of rotatable bonds is 4. The smallest absolute Gasteiger partial charge is 0.193 e. The highest BCUT2D eigenvalue weighted by Crippen LogP contribution is 2.40. The molecule has 0 aromatic heterocycles. The quantitative estimate of drug-likeness (QED) is 0.645. The molecule has 6 rings (SSSR count). The predicted molar refractivity (Wildman–Crippen MR) is 127 cm³/mol. The van der Waals surface area contributed by atoms with Crippen molar-refractivity contribution in [3.8, 4) is 11.5 Å². The van der Waals surface area contributed by atoms with E-state index < -0.39 is 0 Å². The van der Waals surface area contributed by atoms with Crippen LogP contribution in [0.2, 0.25) is 0 Å². The first-order valence-electron chi connectivity index (χ1n) is 12.3. The van der Waals surface area contributed by atoms with Crippen molar-refractivity contribution in [3.05, 3.63) is 58.7 Å². The van der Waals surface area contributed by atoms with Gasteiger partial charge < -0.3 is 18.9 Å². The first-order chi connectivity index (χ1) is 16.4. The lowest BCUT2D eigenvalue weighted by atomic mass is 9.96. The molecule has 0 radical (unpaired) electrons. The fraction of sp³-hybridized carbons (Fsp3) is 0.519. The van der Waals surface area contributed by atoms with Crippen LogP contribution in [0.5, 0.6) is 11.5 Å². The lowest BCUT2D eigenvalue weighted by Crippen LogP contribution is -2.54. The third-order valence-corrected chi connectivity index (χ3v) is 7.70. The summed E-state index contributed by atoms with van der Waals surface area (Å²) in [6.45, 7) is 10.6. The van der Waals surface area contributed by atoms with Crippen molar-refractivity contribution < 1.29 is 23.7 Å². The fourth-order valence-electron chi connectivity index (χ4n) is 5.76. The van der Waals surface area contributed by atoms with Crippen molar-refractivity contribution in [3.63, 3.8) is 0 Å². The van der Waals surface area contributed by atoms with E-state index in [0.29, 0.717) is 11.1 Å². The number of carbonyl (C=O) groups is 1. The molecule has 34 heavy (non-hydrogen) atoms. The minimum atomic E-state index is -0.386. The van der Waals surface area contributed by atoms with Gasteiger partial charge in [0, 0.05) is 61.3 Å². The van der Waals surface area contributed by atoms with Crippen LogP contribution in [0.3, 0.4) is 0 Å². The molecule has 7 nitrogen and oxygen atoms in total. The highest BCUT2D eigenvalue weighted by atomic mass is 16.5. The molecular weight excluding hydrogens is 432 g/mol. The first kappa shape index (κ1) is 22.0. The Morgan fingerprint density at radius 3 is 1.53 bits per heavy atom. The predicted octanol–water partition coefficient (Wildman–Crippen LogP) is 2.88. The minimum absolute atomic E-state index is 0.0329. The van der Waals surface area contributed by atoms with Crippen LogP contribution in [-0.4, -0.2) is 79.6 Å². The fourth-order valence-corrected chi connectivity index (χ4v) is 5.76. The van der Waals surface area contributed by atoms with E-state index in [0.717, 1.165) is 88.1 Å². The van der Waals surface area contributed by atoms with Crippen molar-refractivity contribution in [1.82, 2.24) is 9.80 Å². The zero-order valence-corrected chi connectivity index (χ0v) is 20.0. The standard InChI is InChI=1S/C27H32N2O5/c1-26(28-7-11-31-12-8-28)17-21-15-19(3-5-23(21)33-26)25(30)20-4-6-24-22(16-20)18-27(2,34-24)29-9-13-32-14-10-29/h3-6,15-16H,7-14,17-18H2,1-2H3. The van der Waals surface area contributed by atoms with Crippen molar-refractivity contribution in [2.75, 3.05) is 52.6 Å². The molecular formula is C27H32N2O5. The zero-order chi connectivity index (χ0) is 23.3. The summed E-state index contributed by atoms with van der Waals surface area (Å²) >= 11 is 0. The number of ketones is 1. The largest absolute Gasteiger partial charge is 0.472 e. The van der Waals surface area contributed by atoms with Crippen LogP contribution < -0.4 is 9.47 Å². The molecule has 0 bridgehead atoms. The van der Waals surface area contributed by atoms with Crippen LogP contribution in [0.4, 0.5) is 0 Å². The average Bonchev–Trinajstić information content (AvgIpc) is 3.40. The van der Waals surface area contributed by atoms with Crippen LogP contribution in [0.15, 0.2) is 36.4 Å². The van der Waals surface area contributed by atoms with E-state index >= 15 is 0 Å². The number of ether oxygens (including phenoxy) is 4. The number of carbonyl (C=O) groups excluding carboxylic acids is 1. The third-order valence-electron chi connectivity index (χ3n) is 7.70. The molecule has 2 saturated heterocycles. The molecule has 4 aliphatic rings. The molecule has 4 heterocycles. The van der Waals surface area contributed by atoms with Gasteiger partial charge in [-0.1, -0.05) is 0 Å². The molecule has 2 fully saturated rings. The Bertz CT molecular complexity index is 1020. The lowest BCUT2D eigenvalue weighted by molar-refractivity contribution is -0.0994. The molecule has 2 aromatic carbocycles. The van der Waals surface area contributed by atoms with E-state index in [4.69, 9.17) is 18.9 Å². The molecule has 0 amide bonds. The van der Waals surface area contributed by atoms with Crippen molar-refractivity contribution in [2.45, 2.75) is 38.1 Å². The molecule has 2 atom stereocenters. The van der Waals surface area contributed by atoms with Crippen molar-refractivity contribution >= 4 is 5.78 Å². The van der Waals surface area contributed by atoms with Gasteiger partial charge in [0.15, 0.2) is 17.2 Å². The van der Waals surface area contributed by atoms with E-state index in [1.165, 1.54) is 0 Å². The zero-order valence-electron chi connectivity index (χ0n) is 20.0. The topological polar surface area (TPSA) is 60.5 Å². The summed E-state index contributed by atoms with van der Waals surface area (Å²) in [5, 5.41) is 0. The summed E-state index contributed by atoms with van der Waals surface area (Å²) in [4.78, 5) is 18.1. The van der Waals surface area contributed by atoms with Gasteiger partial charge in [0.2, 0.25) is 0 Å². The molecule has 180 valence electrons. The number of benzene rings is 2. The van der Waals surface area contributed by atoms with Gasteiger partial charge in [-0.05, 0) is 50.2 Å². The molecule has 0 saturated carbocycles. The maximum absolute atomic E-state index is 13.4. The van der Waals surface area contributed by atoms with Crippen LogP contribution in [0, 0.1) is 0 Å². The Morgan fingerprint density at radius 1 is 0.706 bits per heavy atom. The Kier molecular flexibility index (Phi) is 5.41. The summed E-state index contributed by atoms with van der Waals surface area (Å²) in [5.41, 5.74) is 2.80. The second-order valence-corrected chi connectivity index (χ2v) is 10.1. The number of nitrogens with zero attached hydrogens (tertiary/aromatic N) is 2. The van der Waals surface area contributed by atoms with Gasteiger partial charge in [-0.15, -0.1) is 0 Å². The summed E-state index contributed by atoms with van der Waals surface area (Å²) in [6.07, 6.45) is 1.53. The normalized spacial score (nSPS) is 29.2. The Labute approximate surface area is 200 Å². The molecule has 7 heteroatoms. The molecule has 0 N–H and O–H groups in total. The minimum Gasteiger partial charge on any atom is -0.472 e. The molecule has 2 unspecified atom stereocenters. The number of hydrogen-bond donors (Lipinski definition) is 0. The van der Waals surface area contributed by atoms with Crippen LogP contribution in [0.25, 0.3) is 0 Å². The number of fused-ring (bicyclic) bond motifs is 2. The molecule has 4 aliphatic heterocycles. The maximum Gasteiger partial charge on any atom is 0.193 e. The monoisotopic (exact) mass is 464 g/mol. The first-order valence-corrected chi connectivity index (χ1v) is 12.3.